The van der Waals surface area contributed by atoms with Crippen LogP contribution in [0.3, 0.4) is 0 Å². The van der Waals surface area contributed by atoms with Gasteiger partial charge in [-0.2, -0.15) is 0 Å². The van der Waals surface area contributed by atoms with Gasteiger partial charge in [0.15, 0.2) is 0 Å². The maximum Gasteiger partial charge on any atom is 0.149 e. The highest BCUT2D eigenvalue weighted by Gasteiger charge is 2.10. The minimum atomic E-state index is 0.701. The second-order valence-corrected chi connectivity index (χ2v) is 5.76. The molecule has 2 aromatic rings. The van der Waals surface area contributed by atoms with Crippen molar-refractivity contribution in [1.29, 1.82) is 0 Å². The van der Waals surface area contributed by atoms with Crippen LogP contribution in [0.5, 0.6) is 0 Å². The van der Waals surface area contributed by atoms with Gasteiger partial charge in [-0.1, -0.05) is 45.8 Å². The van der Waals surface area contributed by atoms with Crippen LogP contribution in [0.15, 0.2) is 22.7 Å². The average Bonchev–Trinajstić information content (AvgIpc) is 2.78. The van der Waals surface area contributed by atoms with Crippen molar-refractivity contribution < 1.29 is 0 Å². The topological polar surface area (TPSA) is 37.8 Å². The first-order valence-electron chi connectivity index (χ1n) is 5.19. The van der Waals surface area contributed by atoms with Crippen molar-refractivity contribution >= 4 is 38.9 Å². The van der Waals surface area contributed by atoms with Gasteiger partial charge in [-0.25, -0.2) is 0 Å². The second kappa shape index (κ2) is 5.91. The fourth-order valence-electron chi connectivity index (χ4n) is 1.33. The van der Waals surface area contributed by atoms with Crippen molar-refractivity contribution in [2.75, 3.05) is 6.54 Å². The van der Waals surface area contributed by atoms with Gasteiger partial charge >= 0.3 is 0 Å². The van der Waals surface area contributed by atoms with Crippen LogP contribution in [-0.2, 0) is 6.54 Å². The van der Waals surface area contributed by atoms with Gasteiger partial charge in [-0.05, 0) is 24.7 Å². The Hall–Kier alpha value is -0.490. The van der Waals surface area contributed by atoms with Crippen LogP contribution in [0.2, 0.25) is 5.02 Å². The Morgan fingerprint density at radius 3 is 3.00 bits per heavy atom. The van der Waals surface area contributed by atoms with E-state index in [1.165, 1.54) is 0 Å². The highest BCUT2D eigenvalue weighted by atomic mass is 79.9. The molecule has 2 rings (SSSR count). The molecular weight excluding hydrogens is 322 g/mol. The largest absolute Gasteiger partial charge is 0.311 e. The maximum atomic E-state index is 5.98. The molecule has 1 aromatic heterocycles. The van der Waals surface area contributed by atoms with E-state index >= 15 is 0 Å². The molecule has 0 fully saturated rings. The van der Waals surface area contributed by atoms with Crippen LogP contribution in [0, 0.1) is 0 Å². The molecular formula is C11H11BrClN3S. The van der Waals surface area contributed by atoms with Crippen molar-refractivity contribution in [3.05, 3.63) is 32.7 Å². The standard InChI is InChI=1S/C11H11BrClN3S/c1-2-14-6-10-15-16-11(17-10)8-5-7(13)3-4-9(8)12/h3-5,14H,2,6H2,1H3. The van der Waals surface area contributed by atoms with E-state index in [2.05, 4.69) is 38.4 Å². The molecule has 0 saturated heterocycles. The number of rotatable bonds is 4. The zero-order chi connectivity index (χ0) is 12.3. The van der Waals surface area contributed by atoms with E-state index in [0.29, 0.717) is 5.02 Å². The Labute approximate surface area is 117 Å². The van der Waals surface area contributed by atoms with Crippen LogP contribution < -0.4 is 5.32 Å². The average molecular weight is 333 g/mol. The third-order valence-corrected chi connectivity index (χ3v) is 4.04. The summed E-state index contributed by atoms with van der Waals surface area (Å²) in [6, 6.07) is 5.65. The zero-order valence-electron chi connectivity index (χ0n) is 9.20. The molecule has 1 N–H and O–H groups in total. The van der Waals surface area contributed by atoms with Crippen molar-refractivity contribution in [2.45, 2.75) is 13.5 Å². The maximum absolute atomic E-state index is 5.98. The van der Waals surface area contributed by atoms with Crippen LogP contribution >= 0.6 is 38.9 Å². The number of benzene rings is 1. The summed E-state index contributed by atoms with van der Waals surface area (Å²) in [5.74, 6) is 0. The van der Waals surface area contributed by atoms with Crippen molar-refractivity contribution in [3.63, 3.8) is 0 Å². The molecule has 1 heterocycles. The molecule has 0 radical (unpaired) electrons. The Kier molecular flexibility index (Phi) is 4.50. The monoisotopic (exact) mass is 331 g/mol. The molecule has 3 nitrogen and oxygen atoms in total. The normalized spacial score (nSPS) is 10.8. The van der Waals surface area contributed by atoms with Crippen LogP contribution in [0.4, 0.5) is 0 Å². The SMILES string of the molecule is CCNCc1nnc(-c2cc(Cl)ccc2Br)s1. The molecule has 0 atom stereocenters. The summed E-state index contributed by atoms with van der Waals surface area (Å²) in [4.78, 5) is 0. The summed E-state index contributed by atoms with van der Waals surface area (Å²) in [6.45, 7) is 3.75. The highest BCUT2D eigenvalue weighted by molar-refractivity contribution is 9.10. The number of aromatic nitrogens is 2. The van der Waals surface area contributed by atoms with Gasteiger partial charge in [-0.15, -0.1) is 10.2 Å². The lowest BCUT2D eigenvalue weighted by molar-refractivity contribution is 0.715. The molecule has 0 amide bonds. The lowest BCUT2D eigenvalue weighted by atomic mass is 10.2. The molecule has 0 spiro atoms. The van der Waals surface area contributed by atoms with E-state index in [-0.39, 0.29) is 0 Å². The summed E-state index contributed by atoms with van der Waals surface area (Å²) in [7, 11) is 0. The number of hydrogen-bond donors (Lipinski definition) is 1. The van der Waals surface area contributed by atoms with Crippen molar-refractivity contribution in [2.24, 2.45) is 0 Å². The predicted molar refractivity (Wildman–Crippen MR) is 75.4 cm³/mol. The molecule has 90 valence electrons. The van der Waals surface area contributed by atoms with Gasteiger partial charge in [0.1, 0.15) is 10.0 Å². The molecule has 0 unspecified atom stereocenters. The fourth-order valence-corrected chi connectivity index (χ4v) is 2.90. The summed E-state index contributed by atoms with van der Waals surface area (Å²) >= 11 is 11.0. The first-order valence-corrected chi connectivity index (χ1v) is 7.18. The molecule has 0 aliphatic heterocycles. The second-order valence-electron chi connectivity index (χ2n) is 3.41. The van der Waals surface area contributed by atoms with Crippen LogP contribution in [0.25, 0.3) is 10.6 Å². The Morgan fingerprint density at radius 2 is 2.24 bits per heavy atom. The summed E-state index contributed by atoms with van der Waals surface area (Å²) in [6.07, 6.45) is 0. The van der Waals surface area contributed by atoms with E-state index in [9.17, 15) is 0 Å². The molecule has 0 aliphatic rings. The van der Waals surface area contributed by atoms with Crippen molar-refractivity contribution in [1.82, 2.24) is 15.5 Å². The minimum Gasteiger partial charge on any atom is -0.311 e. The van der Waals surface area contributed by atoms with E-state index in [1.807, 2.05) is 18.2 Å². The Balaban J connectivity index is 2.27. The summed E-state index contributed by atoms with van der Waals surface area (Å²) in [5, 5.41) is 14.1. The number of halogens is 2. The van der Waals surface area contributed by atoms with E-state index < -0.39 is 0 Å². The third-order valence-electron chi connectivity index (χ3n) is 2.15. The molecule has 0 bridgehead atoms. The van der Waals surface area contributed by atoms with Crippen LogP contribution in [0.1, 0.15) is 11.9 Å². The first kappa shape index (κ1) is 13.0. The Morgan fingerprint density at radius 1 is 1.41 bits per heavy atom. The highest BCUT2D eigenvalue weighted by Crippen LogP contribution is 2.32. The summed E-state index contributed by atoms with van der Waals surface area (Å²) < 4.78 is 0.980. The number of hydrogen-bond acceptors (Lipinski definition) is 4. The lowest BCUT2D eigenvalue weighted by Crippen LogP contribution is -2.11. The van der Waals surface area contributed by atoms with Crippen molar-refractivity contribution in [3.8, 4) is 10.6 Å². The van der Waals surface area contributed by atoms with Gasteiger partial charge in [0.05, 0.1) is 0 Å². The lowest BCUT2D eigenvalue weighted by Gasteiger charge is -1.99. The number of nitrogens with one attached hydrogen (secondary N) is 1. The molecule has 0 saturated carbocycles. The van der Waals surface area contributed by atoms with Crippen LogP contribution in [-0.4, -0.2) is 16.7 Å². The Bertz CT molecular complexity index is 515. The number of nitrogens with zero attached hydrogens (tertiary/aromatic N) is 2. The zero-order valence-corrected chi connectivity index (χ0v) is 12.4. The van der Waals surface area contributed by atoms with E-state index in [1.54, 1.807) is 11.3 Å². The molecule has 6 heteroatoms. The van der Waals surface area contributed by atoms with E-state index in [0.717, 1.165) is 33.1 Å². The molecule has 0 aliphatic carbocycles. The van der Waals surface area contributed by atoms with E-state index in [4.69, 9.17) is 11.6 Å². The first-order chi connectivity index (χ1) is 8.20. The van der Waals surface area contributed by atoms with Gasteiger partial charge in [0.2, 0.25) is 0 Å². The fraction of sp³-hybridized carbons (Fsp3) is 0.273. The summed E-state index contributed by atoms with van der Waals surface area (Å²) in [5.41, 5.74) is 0.984. The predicted octanol–water partition coefficient (Wildman–Crippen LogP) is 3.73. The molecule has 1 aromatic carbocycles. The van der Waals surface area contributed by atoms with Gasteiger partial charge in [0.25, 0.3) is 0 Å². The molecule has 17 heavy (non-hydrogen) atoms. The van der Waals surface area contributed by atoms with Gasteiger partial charge in [0, 0.05) is 21.6 Å². The van der Waals surface area contributed by atoms with Gasteiger partial charge in [-0.3, -0.25) is 0 Å². The van der Waals surface area contributed by atoms with Gasteiger partial charge < -0.3 is 5.32 Å². The third kappa shape index (κ3) is 3.25. The quantitative estimate of drug-likeness (QED) is 0.927. The smallest absolute Gasteiger partial charge is 0.149 e. The minimum absolute atomic E-state index is 0.701.